The lowest BCUT2D eigenvalue weighted by atomic mass is 10.1. The Bertz CT molecular complexity index is 207. The fourth-order valence-corrected chi connectivity index (χ4v) is 2.39. The van der Waals surface area contributed by atoms with E-state index in [4.69, 9.17) is 4.74 Å². The number of hydrogen-bond acceptors (Lipinski definition) is 1. The maximum atomic E-state index is 5.84. The van der Waals surface area contributed by atoms with Crippen LogP contribution in [0.2, 0.25) is 0 Å². The van der Waals surface area contributed by atoms with Gasteiger partial charge in [0.15, 0.2) is 0 Å². The number of allylic oxidation sites excluding steroid dienone is 2. The monoisotopic (exact) mass is 194 g/mol. The van der Waals surface area contributed by atoms with Gasteiger partial charge in [-0.1, -0.05) is 19.8 Å². The molecule has 0 saturated heterocycles. The van der Waals surface area contributed by atoms with Gasteiger partial charge in [-0.2, -0.15) is 0 Å². The molecule has 1 nitrogen and oxygen atoms in total. The number of hydrogen-bond donors (Lipinski definition) is 0. The average molecular weight is 194 g/mol. The van der Waals surface area contributed by atoms with Crippen molar-refractivity contribution in [3.8, 4) is 0 Å². The van der Waals surface area contributed by atoms with Gasteiger partial charge in [-0.05, 0) is 43.6 Å². The molecular formula is C13H22O. The standard InChI is InChI=1S/C13H22O/c1-2-6-11-9-12(11)10-14-13-7-4-3-5-8-13/h7,11-12H,2-6,8-10H2,1H3. The molecule has 0 aromatic carbocycles. The first kappa shape index (κ1) is 10.1. The van der Waals surface area contributed by atoms with E-state index in [-0.39, 0.29) is 0 Å². The second-order valence-corrected chi connectivity index (χ2v) is 4.77. The summed E-state index contributed by atoms with van der Waals surface area (Å²) >= 11 is 0. The van der Waals surface area contributed by atoms with Crippen LogP contribution in [0.3, 0.4) is 0 Å². The molecule has 0 aromatic rings. The maximum Gasteiger partial charge on any atom is 0.0920 e. The van der Waals surface area contributed by atoms with Crippen LogP contribution >= 0.6 is 0 Å². The van der Waals surface area contributed by atoms with Gasteiger partial charge in [0.1, 0.15) is 0 Å². The second kappa shape index (κ2) is 4.86. The van der Waals surface area contributed by atoms with Crippen molar-refractivity contribution in [3.63, 3.8) is 0 Å². The van der Waals surface area contributed by atoms with Crippen molar-refractivity contribution in [1.29, 1.82) is 0 Å². The summed E-state index contributed by atoms with van der Waals surface area (Å²) in [5.41, 5.74) is 0. The number of ether oxygens (including phenoxy) is 1. The molecule has 0 aliphatic heterocycles. The first-order valence-electron chi connectivity index (χ1n) is 6.22. The average Bonchev–Trinajstić information content (AvgIpc) is 2.96. The molecule has 1 heteroatoms. The summed E-state index contributed by atoms with van der Waals surface area (Å²) in [5.74, 6) is 3.15. The molecule has 2 rings (SSSR count). The fourth-order valence-electron chi connectivity index (χ4n) is 2.39. The molecule has 0 spiro atoms. The molecule has 0 bridgehead atoms. The van der Waals surface area contributed by atoms with Crippen molar-refractivity contribution in [1.82, 2.24) is 0 Å². The fraction of sp³-hybridized carbons (Fsp3) is 0.846. The van der Waals surface area contributed by atoms with E-state index in [1.807, 2.05) is 0 Å². The van der Waals surface area contributed by atoms with E-state index < -0.39 is 0 Å². The molecule has 2 unspecified atom stereocenters. The zero-order valence-corrected chi connectivity index (χ0v) is 9.30. The molecule has 1 fully saturated rings. The highest BCUT2D eigenvalue weighted by atomic mass is 16.5. The predicted octanol–water partition coefficient (Wildman–Crippen LogP) is 3.90. The van der Waals surface area contributed by atoms with E-state index >= 15 is 0 Å². The van der Waals surface area contributed by atoms with E-state index in [9.17, 15) is 0 Å². The molecule has 0 radical (unpaired) electrons. The summed E-state index contributed by atoms with van der Waals surface area (Å²) in [6.07, 6.45) is 11.6. The third-order valence-corrected chi connectivity index (χ3v) is 3.46. The molecule has 2 atom stereocenters. The highest BCUT2D eigenvalue weighted by Gasteiger charge is 2.36. The Balaban J connectivity index is 1.61. The minimum Gasteiger partial charge on any atom is -0.498 e. The van der Waals surface area contributed by atoms with Crippen molar-refractivity contribution in [2.75, 3.05) is 6.61 Å². The smallest absolute Gasteiger partial charge is 0.0920 e. The zero-order valence-electron chi connectivity index (χ0n) is 9.30. The SMILES string of the molecule is CCCC1CC1COC1=CCCCC1. The summed E-state index contributed by atoms with van der Waals surface area (Å²) in [6.45, 7) is 3.27. The maximum absolute atomic E-state index is 5.84. The Hall–Kier alpha value is -0.460. The summed E-state index contributed by atoms with van der Waals surface area (Å²) < 4.78 is 5.84. The van der Waals surface area contributed by atoms with E-state index in [1.165, 1.54) is 50.7 Å². The molecule has 1 saturated carbocycles. The predicted molar refractivity (Wildman–Crippen MR) is 59.0 cm³/mol. The largest absolute Gasteiger partial charge is 0.498 e. The van der Waals surface area contributed by atoms with Crippen molar-refractivity contribution < 1.29 is 4.74 Å². The zero-order chi connectivity index (χ0) is 9.80. The normalized spacial score (nSPS) is 31.1. The van der Waals surface area contributed by atoms with E-state index in [0.29, 0.717) is 0 Å². The second-order valence-electron chi connectivity index (χ2n) is 4.77. The quantitative estimate of drug-likeness (QED) is 0.645. The summed E-state index contributed by atoms with van der Waals surface area (Å²) in [6, 6.07) is 0. The topological polar surface area (TPSA) is 9.23 Å². The van der Waals surface area contributed by atoms with Crippen LogP contribution < -0.4 is 0 Å². The van der Waals surface area contributed by atoms with Crippen molar-refractivity contribution in [2.24, 2.45) is 11.8 Å². The van der Waals surface area contributed by atoms with Gasteiger partial charge in [0, 0.05) is 6.42 Å². The van der Waals surface area contributed by atoms with Gasteiger partial charge in [0.2, 0.25) is 0 Å². The molecule has 2 aliphatic carbocycles. The van der Waals surface area contributed by atoms with Crippen LogP contribution in [0.15, 0.2) is 11.8 Å². The van der Waals surface area contributed by atoms with Crippen molar-refractivity contribution >= 4 is 0 Å². The third kappa shape index (κ3) is 2.76. The minimum absolute atomic E-state index is 0.887. The molecule has 0 N–H and O–H groups in total. The minimum atomic E-state index is 0.887. The highest BCUT2D eigenvalue weighted by Crippen LogP contribution is 2.42. The van der Waals surface area contributed by atoms with Gasteiger partial charge in [0.05, 0.1) is 12.4 Å². The first-order chi connectivity index (χ1) is 6.90. The van der Waals surface area contributed by atoms with Crippen LogP contribution in [0, 0.1) is 11.8 Å². The lowest BCUT2D eigenvalue weighted by molar-refractivity contribution is 0.178. The Morgan fingerprint density at radius 1 is 1.36 bits per heavy atom. The van der Waals surface area contributed by atoms with E-state index in [1.54, 1.807) is 0 Å². The summed E-state index contributed by atoms with van der Waals surface area (Å²) in [4.78, 5) is 0. The van der Waals surface area contributed by atoms with Gasteiger partial charge < -0.3 is 4.74 Å². The van der Waals surface area contributed by atoms with Crippen LogP contribution in [-0.4, -0.2) is 6.61 Å². The van der Waals surface area contributed by atoms with Gasteiger partial charge in [-0.3, -0.25) is 0 Å². The number of rotatable bonds is 5. The molecule has 0 heterocycles. The Kier molecular flexibility index (Phi) is 3.49. The van der Waals surface area contributed by atoms with E-state index in [2.05, 4.69) is 13.0 Å². The van der Waals surface area contributed by atoms with Crippen LogP contribution in [0.1, 0.15) is 51.9 Å². The molecule has 80 valence electrons. The first-order valence-corrected chi connectivity index (χ1v) is 6.22. The van der Waals surface area contributed by atoms with Crippen molar-refractivity contribution in [3.05, 3.63) is 11.8 Å². The summed E-state index contributed by atoms with van der Waals surface area (Å²) in [5, 5.41) is 0. The molecule has 0 amide bonds. The van der Waals surface area contributed by atoms with Gasteiger partial charge in [0.25, 0.3) is 0 Å². The molecule has 2 aliphatic rings. The van der Waals surface area contributed by atoms with Gasteiger partial charge in [-0.25, -0.2) is 0 Å². The van der Waals surface area contributed by atoms with Crippen LogP contribution in [0.25, 0.3) is 0 Å². The molecular weight excluding hydrogens is 172 g/mol. The van der Waals surface area contributed by atoms with Crippen LogP contribution in [0.4, 0.5) is 0 Å². The lowest BCUT2D eigenvalue weighted by Gasteiger charge is -2.14. The lowest BCUT2D eigenvalue weighted by Crippen LogP contribution is -2.01. The molecule has 0 aromatic heterocycles. The van der Waals surface area contributed by atoms with Gasteiger partial charge >= 0.3 is 0 Å². The van der Waals surface area contributed by atoms with Crippen LogP contribution in [-0.2, 0) is 4.74 Å². The van der Waals surface area contributed by atoms with Crippen LogP contribution in [0.5, 0.6) is 0 Å². The highest BCUT2D eigenvalue weighted by molar-refractivity contribution is 4.97. The Morgan fingerprint density at radius 3 is 3.00 bits per heavy atom. The van der Waals surface area contributed by atoms with Crippen molar-refractivity contribution in [2.45, 2.75) is 51.9 Å². The summed E-state index contributed by atoms with van der Waals surface area (Å²) in [7, 11) is 0. The third-order valence-electron chi connectivity index (χ3n) is 3.46. The Morgan fingerprint density at radius 2 is 2.29 bits per heavy atom. The molecule has 14 heavy (non-hydrogen) atoms. The van der Waals surface area contributed by atoms with Gasteiger partial charge in [-0.15, -0.1) is 0 Å². The van der Waals surface area contributed by atoms with E-state index in [0.717, 1.165) is 18.4 Å². The Labute approximate surface area is 87.5 Å².